The van der Waals surface area contributed by atoms with Crippen molar-refractivity contribution >= 4 is 16.9 Å². The van der Waals surface area contributed by atoms with Gasteiger partial charge in [0.05, 0.1) is 38.1 Å². The van der Waals surface area contributed by atoms with Gasteiger partial charge in [-0.3, -0.25) is 9.59 Å². The highest BCUT2D eigenvalue weighted by molar-refractivity contribution is 5.91. The summed E-state index contributed by atoms with van der Waals surface area (Å²) in [5.41, 5.74) is 1.37. The molecule has 9 nitrogen and oxygen atoms in total. The van der Waals surface area contributed by atoms with Gasteiger partial charge in [0.15, 0.2) is 11.2 Å². The number of hydrogen-bond donors (Lipinski definition) is 2. The highest BCUT2D eigenvalue weighted by atomic mass is 19.1. The third-order valence-electron chi connectivity index (χ3n) is 6.57. The molecule has 10 heteroatoms. The first-order valence-electron chi connectivity index (χ1n) is 13.3. The number of aliphatic hydroxyl groups excluding tert-OH is 1. The van der Waals surface area contributed by atoms with Crippen LogP contribution >= 0.6 is 0 Å². The molecule has 2 aromatic carbocycles. The fourth-order valence-corrected chi connectivity index (χ4v) is 4.60. The topological polar surface area (TPSA) is 116 Å². The van der Waals surface area contributed by atoms with Crippen LogP contribution in [0.1, 0.15) is 30.4 Å². The Labute approximate surface area is 231 Å². The number of carbonyl (C=O) groups excluding carboxylic acids is 1. The predicted molar refractivity (Wildman–Crippen MR) is 145 cm³/mol. The minimum Gasteiger partial charge on any atom is -0.464 e. The van der Waals surface area contributed by atoms with E-state index in [9.17, 15) is 14.0 Å². The molecule has 1 amide bonds. The molecule has 0 aliphatic carbocycles. The smallest absolute Gasteiger partial charge is 0.286 e. The molecule has 2 N–H and O–H groups in total. The summed E-state index contributed by atoms with van der Waals surface area (Å²) in [4.78, 5) is 26.7. The molecule has 4 rings (SSSR count). The number of para-hydroxylation sites is 1. The molecule has 214 valence electrons. The van der Waals surface area contributed by atoms with Gasteiger partial charge in [0, 0.05) is 37.2 Å². The SMILES string of the molecule is CCO[C@H]1OC(C(=O)NCc2ccc(F)cc2)=C[C@@H](c2coc3ccccc3c2=O)[C@@H]1CCOCCOCCO. The number of fused-ring (bicyclic) bond motifs is 1. The summed E-state index contributed by atoms with van der Waals surface area (Å²) < 4.78 is 41.9. The lowest BCUT2D eigenvalue weighted by atomic mass is 9.81. The number of halogens is 1. The Hall–Kier alpha value is -3.57. The maximum absolute atomic E-state index is 13.6. The summed E-state index contributed by atoms with van der Waals surface area (Å²) in [6.45, 7) is 3.49. The molecule has 3 atom stereocenters. The molecule has 2 heterocycles. The van der Waals surface area contributed by atoms with Crippen LogP contribution in [0.2, 0.25) is 0 Å². The zero-order valence-electron chi connectivity index (χ0n) is 22.3. The van der Waals surface area contributed by atoms with Gasteiger partial charge in [-0.05, 0) is 49.2 Å². The highest BCUT2D eigenvalue weighted by Crippen LogP contribution is 2.38. The average molecular weight is 556 g/mol. The van der Waals surface area contributed by atoms with Crippen LogP contribution in [0.4, 0.5) is 4.39 Å². The zero-order chi connectivity index (χ0) is 28.3. The van der Waals surface area contributed by atoms with E-state index >= 15 is 0 Å². The minimum absolute atomic E-state index is 0.0210. The van der Waals surface area contributed by atoms with Gasteiger partial charge in [-0.1, -0.05) is 24.3 Å². The second kappa shape index (κ2) is 14.7. The molecular formula is C30H34FNO8. The van der Waals surface area contributed by atoms with E-state index < -0.39 is 18.1 Å². The Bertz CT molecular complexity index is 1340. The number of benzene rings is 2. The third kappa shape index (κ3) is 7.54. The monoisotopic (exact) mass is 555 g/mol. The van der Waals surface area contributed by atoms with Gasteiger partial charge in [0.2, 0.25) is 6.29 Å². The van der Waals surface area contributed by atoms with Gasteiger partial charge >= 0.3 is 0 Å². The Balaban J connectivity index is 1.59. The summed E-state index contributed by atoms with van der Waals surface area (Å²) in [6.07, 6.45) is 2.70. The van der Waals surface area contributed by atoms with E-state index in [2.05, 4.69) is 5.32 Å². The molecule has 3 aromatic rings. The van der Waals surface area contributed by atoms with Crippen molar-refractivity contribution in [2.75, 3.05) is 39.6 Å². The van der Waals surface area contributed by atoms with Crippen LogP contribution < -0.4 is 10.7 Å². The summed E-state index contributed by atoms with van der Waals surface area (Å²) >= 11 is 0. The molecule has 0 saturated carbocycles. The Morgan fingerprint density at radius 2 is 1.80 bits per heavy atom. The summed E-state index contributed by atoms with van der Waals surface area (Å²) in [6, 6.07) is 12.8. The van der Waals surface area contributed by atoms with Crippen LogP contribution in [0.5, 0.6) is 0 Å². The number of hydrogen-bond acceptors (Lipinski definition) is 8. The molecule has 0 unspecified atom stereocenters. The van der Waals surface area contributed by atoms with Gasteiger partial charge in [-0.15, -0.1) is 0 Å². The number of ether oxygens (including phenoxy) is 4. The maximum atomic E-state index is 13.6. The summed E-state index contributed by atoms with van der Waals surface area (Å²) in [7, 11) is 0. The van der Waals surface area contributed by atoms with Crippen molar-refractivity contribution in [3.8, 4) is 0 Å². The van der Waals surface area contributed by atoms with Crippen molar-refractivity contribution < 1.29 is 37.7 Å². The van der Waals surface area contributed by atoms with Crippen LogP contribution in [0, 0.1) is 11.7 Å². The standard InChI is InChI=1S/C30H34FNO8/c1-2-38-30-22(11-13-36-15-16-37-14-12-33)24(25-19-39-26-6-4-3-5-23(26)28(25)34)17-27(40-30)29(35)32-18-20-7-9-21(31)10-8-20/h3-10,17,19,22,24,30,33H,2,11-16,18H2,1H3,(H,32,35)/t22-,24+,30-/m0/s1. The molecule has 1 aliphatic rings. The molecule has 0 spiro atoms. The first kappa shape index (κ1) is 29.4. The number of allylic oxidation sites excluding steroid dienone is 1. The van der Waals surface area contributed by atoms with Crippen molar-refractivity contribution in [3.63, 3.8) is 0 Å². The first-order chi connectivity index (χ1) is 19.5. The lowest BCUT2D eigenvalue weighted by Gasteiger charge is -2.36. The van der Waals surface area contributed by atoms with Crippen LogP contribution in [0.25, 0.3) is 11.0 Å². The third-order valence-corrected chi connectivity index (χ3v) is 6.57. The van der Waals surface area contributed by atoms with E-state index in [1.807, 2.05) is 6.92 Å². The van der Waals surface area contributed by atoms with E-state index in [1.54, 1.807) is 42.5 Å². The average Bonchev–Trinajstić information content (AvgIpc) is 2.97. The van der Waals surface area contributed by atoms with Crippen LogP contribution in [-0.4, -0.2) is 56.9 Å². The van der Waals surface area contributed by atoms with Gasteiger partial charge in [0.1, 0.15) is 11.4 Å². The van der Waals surface area contributed by atoms with E-state index in [0.29, 0.717) is 49.4 Å². The highest BCUT2D eigenvalue weighted by Gasteiger charge is 2.39. The summed E-state index contributed by atoms with van der Waals surface area (Å²) in [5, 5.41) is 12.1. The lowest BCUT2D eigenvalue weighted by Crippen LogP contribution is -2.40. The Kier molecular flexibility index (Phi) is 10.8. The molecular weight excluding hydrogens is 521 g/mol. The second-order valence-corrected chi connectivity index (χ2v) is 9.22. The molecule has 0 bridgehead atoms. The van der Waals surface area contributed by atoms with Crippen molar-refractivity contribution in [3.05, 3.63) is 93.8 Å². The van der Waals surface area contributed by atoms with Crippen molar-refractivity contribution in [1.82, 2.24) is 5.32 Å². The first-order valence-corrected chi connectivity index (χ1v) is 13.3. The Morgan fingerprint density at radius 3 is 2.55 bits per heavy atom. The fourth-order valence-electron chi connectivity index (χ4n) is 4.60. The zero-order valence-corrected chi connectivity index (χ0v) is 22.3. The largest absolute Gasteiger partial charge is 0.464 e. The van der Waals surface area contributed by atoms with E-state index in [-0.39, 0.29) is 42.7 Å². The minimum atomic E-state index is -0.827. The van der Waals surface area contributed by atoms with Crippen molar-refractivity contribution in [1.29, 1.82) is 0 Å². The molecule has 0 fully saturated rings. The maximum Gasteiger partial charge on any atom is 0.286 e. The normalized spacial score (nSPS) is 18.8. The number of nitrogens with one attached hydrogen (secondary N) is 1. The number of carbonyl (C=O) groups is 1. The van der Waals surface area contributed by atoms with Gasteiger partial charge in [0.25, 0.3) is 5.91 Å². The van der Waals surface area contributed by atoms with Crippen LogP contribution in [0.15, 0.2) is 75.8 Å². The summed E-state index contributed by atoms with van der Waals surface area (Å²) in [5.74, 6) is -1.76. The van der Waals surface area contributed by atoms with Crippen molar-refractivity contribution in [2.45, 2.75) is 32.1 Å². The Morgan fingerprint density at radius 1 is 1.05 bits per heavy atom. The molecule has 1 aromatic heterocycles. The predicted octanol–water partition coefficient (Wildman–Crippen LogP) is 3.64. The van der Waals surface area contributed by atoms with Crippen molar-refractivity contribution in [2.24, 2.45) is 5.92 Å². The van der Waals surface area contributed by atoms with Gasteiger partial charge in [-0.25, -0.2) is 4.39 Å². The quantitative estimate of drug-likeness (QED) is 0.290. The van der Waals surface area contributed by atoms with Crippen LogP contribution in [-0.2, 0) is 30.3 Å². The number of rotatable bonds is 14. The number of aliphatic hydroxyl groups is 1. The van der Waals surface area contributed by atoms with Crippen LogP contribution in [0.3, 0.4) is 0 Å². The van der Waals surface area contributed by atoms with E-state index in [1.165, 1.54) is 18.4 Å². The molecule has 1 aliphatic heterocycles. The molecule has 0 radical (unpaired) electrons. The lowest BCUT2D eigenvalue weighted by molar-refractivity contribution is -0.168. The molecule has 40 heavy (non-hydrogen) atoms. The van der Waals surface area contributed by atoms with E-state index in [4.69, 9.17) is 28.5 Å². The molecule has 0 saturated heterocycles. The second-order valence-electron chi connectivity index (χ2n) is 9.22. The fraction of sp³-hybridized carbons (Fsp3) is 0.400. The number of amides is 1. The van der Waals surface area contributed by atoms with Gasteiger partial charge in [-0.2, -0.15) is 0 Å². The van der Waals surface area contributed by atoms with E-state index in [0.717, 1.165) is 5.56 Å². The van der Waals surface area contributed by atoms with Gasteiger partial charge < -0.3 is 33.8 Å².